The smallest absolute Gasteiger partial charge is 0.181 e. The van der Waals surface area contributed by atoms with Crippen LogP contribution in [0.4, 0.5) is 0 Å². The summed E-state index contributed by atoms with van der Waals surface area (Å²) in [7, 11) is 0. The SMILES string of the molecule is Oc1cccnc1-c1ncccn1. The maximum absolute atomic E-state index is 9.42. The summed E-state index contributed by atoms with van der Waals surface area (Å²) in [5, 5.41) is 9.42. The topological polar surface area (TPSA) is 58.9 Å². The fourth-order valence-corrected chi connectivity index (χ4v) is 0.990. The second-order valence-electron chi connectivity index (χ2n) is 2.44. The highest BCUT2D eigenvalue weighted by atomic mass is 16.3. The number of hydrogen-bond acceptors (Lipinski definition) is 4. The summed E-state index contributed by atoms with van der Waals surface area (Å²) < 4.78 is 0. The van der Waals surface area contributed by atoms with Gasteiger partial charge in [-0.05, 0) is 18.2 Å². The van der Waals surface area contributed by atoms with E-state index < -0.39 is 0 Å². The van der Waals surface area contributed by atoms with Crippen LogP contribution in [0.25, 0.3) is 11.5 Å². The van der Waals surface area contributed by atoms with E-state index >= 15 is 0 Å². The van der Waals surface area contributed by atoms with Gasteiger partial charge in [-0.25, -0.2) is 15.0 Å². The Morgan fingerprint density at radius 3 is 2.31 bits per heavy atom. The van der Waals surface area contributed by atoms with Crippen molar-refractivity contribution in [3.05, 3.63) is 36.8 Å². The molecule has 0 amide bonds. The van der Waals surface area contributed by atoms with Crippen molar-refractivity contribution in [3.63, 3.8) is 0 Å². The van der Waals surface area contributed by atoms with Crippen molar-refractivity contribution in [2.45, 2.75) is 0 Å². The molecule has 0 fully saturated rings. The zero-order valence-electron chi connectivity index (χ0n) is 6.75. The van der Waals surface area contributed by atoms with E-state index in [9.17, 15) is 5.11 Å². The Kier molecular flexibility index (Phi) is 1.88. The van der Waals surface area contributed by atoms with Gasteiger partial charge in [0.1, 0.15) is 11.4 Å². The largest absolute Gasteiger partial charge is 0.506 e. The fourth-order valence-electron chi connectivity index (χ4n) is 0.990. The minimum atomic E-state index is 0.0914. The van der Waals surface area contributed by atoms with E-state index in [1.165, 1.54) is 0 Å². The lowest BCUT2D eigenvalue weighted by Gasteiger charge is -1.99. The van der Waals surface area contributed by atoms with Crippen LogP contribution < -0.4 is 0 Å². The second-order valence-corrected chi connectivity index (χ2v) is 2.44. The summed E-state index contributed by atoms with van der Waals surface area (Å²) in [6.07, 6.45) is 4.80. The Morgan fingerprint density at radius 1 is 0.923 bits per heavy atom. The highest BCUT2D eigenvalue weighted by Gasteiger charge is 2.05. The van der Waals surface area contributed by atoms with Crippen LogP contribution >= 0.6 is 0 Å². The number of nitrogens with zero attached hydrogens (tertiary/aromatic N) is 3. The summed E-state index contributed by atoms with van der Waals surface area (Å²) >= 11 is 0. The Hall–Kier alpha value is -1.97. The van der Waals surface area contributed by atoms with Gasteiger partial charge in [-0.1, -0.05) is 0 Å². The van der Waals surface area contributed by atoms with Crippen LogP contribution in [0.1, 0.15) is 0 Å². The number of aromatic hydroxyl groups is 1. The van der Waals surface area contributed by atoms with Gasteiger partial charge >= 0.3 is 0 Å². The van der Waals surface area contributed by atoms with Crippen molar-refractivity contribution in [2.75, 3.05) is 0 Å². The number of aromatic nitrogens is 3. The van der Waals surface area contributed by atoms with Gasteiger partial charge in [0, 0.05) is 18.6 Å². The van der Waals surface area contributed by atoms with Crippen LogP contribution in [0, 0.1) is 0 Å². The van der Waals surface area contributed by atoms with Crippen molar-refractivity contribution in [1.82, 2.24) is 15.0 Å². The van der Waals surface area contributed by atoms with Gasteiger partial charge in [-0.3, -0.25) is 0 Å². The van der Waals surface area contributed by atoms with E-state index in [1.54, 1.807) is 36.8 Å². The molecule has 0 bridgehead atoms. The molecule has 2 aromatic rings. The third-order valence-corrected chi connectivity index (χ3v) is 1.56. The first-order chi connectivity index (χ1) is 6.38. The third-order valence-electron chi connectivity index (χ3n) is 1.56. The van der Waals surface area contributed by atoms with Gasteiger partial charge in [0.05, 0.1) is 0 Å². The van der Waals surface area contributed by atoms with Gasteiger partial charge in [0.15, 0.2) is 5.82 Å². The molecule has 64 valence electrons. The van der Waals surface area contributed by atoms with E-state index in [2.05, 4.69) is 15.0 Å². The lowest BCUT2D eigenvalue weighted by atomic mass is 10.3. The Labute approximate surface area is 74.9 Å². The van der Waals surface area contributed by atoms with Crippen LogP contribution in [-0.4, -0.2) is 20.1 Å². The molecule has 0 radical (unpaired) electrons. The highest BCUT2D eigenvalue weighted by Crippen LogP contribution is 2.21. The number of pyridine rings is 1. The summed E-state index contributed by atoms with van der Waals surface area (Å²) in [5.74, 6) is 0.523. The monoisotopic (exact) mass is 173 g/mol. The average molecular weight is 173 g/mol. The van der Waals surface area contributed by atoms with Gasteiger partial charge in [0.25, 0.3) is 0 Å². The minimum absolute atomic E-state index is 0.0914. The van der Waals surface area contributed by atoms with Crippen molar-refractivity contribution in [3.8, 4) is 17.3 Å². The van der Waals surface area contributed by atoms with E-state index in [1.807, 2.05) is 0 Å². The molecule has 1 N–H and O–H groups in total. The first kappa shape index (κ1) is 7.67. The molecule has 4 heteroatoms. The summed E-state index contributed by atoms with van der Waals surface area (Å²) in [6, 6.07) is 4.92. The molecule has 4 nitrogen and oxygen atoms in total. The quantitative estimate of drug-likeness (QED) is 0.704. The zero-order valence-corrected chi connectivity index (χ0v) is 6.75. The molecule has 2 rings (SSSR count). The van der Waals surface area contributed by atoms with Crippen LogP contribution in [-0.2, 0) is 0 Å². The van der Waals surface area contributed by atoms with Crippen molar-refractivity contribution < 1.29 is 5.11 Å². The molecule has 13 heavy (non-hydrogen) atoms. The first-order valence-corrected chi connectivity index (χ1v) is 3.79. The highest BCUT2D eigenvalue weighted by molar-refractivity contribution is 5.57. The number of hydrogen-bond donors (Lipinski definition) is 1. The molecular formula is C9H7N3O. The predicted octanol–water partition coefficient (Wildman–Crippen LogP) is 1.24. The zero-order chi connectivity index (χ0) is 9.10. The molecule has 0 saturated heterocycles. The first-order valence-electron chi connectivity index (χ1n) is 3.79. The van der Waals surface area contributed by atoms with Crippen molar-refractivity contribution in [1.29, 1.82) is 0 Å². The van der Waals surface area contributed by atoms with E-state index in [0.29, 0.717) is 11.5 Å². The molecule has 0 aliphatic rings. The molecule has 0 atom stereocenters. The summed E-state index contributed by atoms with van der Waals surface area (Å²) in [5.41, 5.74) is 0.406. The predicted molar refractivity (Wildman–Crippen MR) is 46.9 cm³/mol. The van der Waals surface area contributed by atoms with Gasteiger partial charge in [-0.15, -0.1) is 0 Å². The number of rotatable bonds is 1. The van der Waals surface area contributed by atoms with Gasteiger partial charge in [0.2, 0.25) is 0 Å². The van der Waals surface area contributed by atoms with Crippen LogP contribution in [0.15, 0.2) is 36.8 Å². The normalized spacial score (nSPS) is 9.85. The molecular weight excluding hydrogens is 166 g/mol. The Bertz CT molecular complexity index is 403. The standard InChI is InChI=1S/C9H7N3O/c13-7-3-1-4-10-8(7)9-11-5-2-6-12-9/h1-6,13H. The summed E-state index contributed by atoms with van der Waals surface area (Å²) in [4.78, 5) is 11.9. The molecule has 2 aromatic heterocycles. The second kappa shape index (κ2) is 3.18. The van der Waals surface area contributed by atoms with Crippen LogP contribution in [0.5, 0.6) is 5.75 Å². The molecule has 0 unspecified atom stereocenters. The van der Waals surface area contributed by atoms with Gasteiger partial charge < -0.3 is 5.11 Å². The average Bonchev–Trinajstić information content (AvgIpc) is 2.20. The van der Waals surface area contributed by atoms with Crippen LogP contribution in [0.2, 0.25) is 0 Å². The molecule has 0 spiro atoms. The van der Waals surface area contributed by atoms with Gasteiger partial charge in [-0.2, -0.15) is 0 Å². The van der Waals surface area contributed by atoms with Crippen LogP contribution in [0.3, 0.4) is 0 Å². The molecule has 0 aromatic carbocycles. The fraction of sp³-hybridized carbons (Fsp3) is 0. The maximum Gasteiger partial charge on any atom is 0.181 e. The molecule has 0 saturated carbocycles. The van der Waals surface area contributed by atoms with E-state index in [4.69, 9.17) is 0 Å². The van der Waals surface area contributed by atoms with Crippen molar-refractivity contribution in [2.24, 2.45) is 0 Å². The summed E-state index contributed by atoms with van der Waals surface area (Å²) in [6.45, 7) is 0. The molecule has 2 heterocycles. The van der Waals surface area contributed by atoms with Crippen molar-refractivity contribution >= 4 is 0 Å². The van der Waals surface area contributed by atoms with E-state index in [-0.39, 0.29) is 5.75 Å². The Balaban J connectivity index is 2.54. The lowest BCUT2D eigenvalue weighted by molar-refractivity contribution is 0.474. The molecule has 0 aliphatic heterocycles. The van der Waals surface area contributed by atoms with E-state index in [0.717, 1.165) is 0 Å². The lowest BCUT2D eigenvalue weighted by Crippen LogP contribution is -1.89. The Morgan fingerprint density at radius 2 is 1.62 bits per heavy atom. The third kappa shape index (κ3) is 1.46. The minimum Gasteiger partial charge on any atom is -0.506 e. The maximum atomic E-state index is 9.42. The molecule has 0 aliphatic carbocycles.